The fourth-order valence-corrected chi connectivity index (χ4v) is 3.18. The van der Waals surface area contributed by atoms with Crippen molar-refractivity contribution in [1.82, 2.24) is 10.3 Å². The van der Waals surface area contributed by atoms with Gasteiger partial charge < -0.3 is 5.32 Å². The lowest BCUT2D eigenvalue weighted by Crippen LogP contribution is -2.24. The Morgan fingerprint density at radius 3 is 2.50 bits per heavy atom. The summed E-state index contributed by atoms with van der Waals surface area (Å²) in [6.07, 6.45) is -4.50. The molecule has 3 nitrogen and oxygen atoms in total. The minimum absolute atomic E-state index is 0.0257. The minimum Gasteiger partial charge on any atom is -0.347 e. The van der Waals surface area contributed by atoms with Gasteiger partial charge in [0.15, 0.2) is 0 Å². The van der Waals surface area contributed by atoms with Gasteiger partial charge in [-0.05, 0) is 23.8 Å². The zero-order chi connectivity index (χ0) is 18.7. The zero-order valence-corrected chi connectivity index (χ0v) is 14.0. The zero-order valence-electron chi connectivity index (χ0n) is 13.2. The molecule has 0 spiro atoms. The van der Waals surface area contributed by atoms with E-state index in [1.54, 1.807) is 6.07 Å². The summed E-state index contributed by atoms with van der Waals surface area (Å²) in [6, 6.07) is 11.0. The van der Waals surface area contributed by atoms with Gasteiger partial charge in [0.1, 0.15) is 16.5 Å². The molecular weight excluding hydrogens is 368 g/mol. The van der Waals surface area contributed by atoms with Crippen LogP contribution in [0.5, 0.6) is 0 Å². The maximum Gasteiger partial charge on any atom is 0.416 e. The van der Waals surface area contributed by atoms with Crippen molar-refractivity contribution in [3.05, 3.63) is 76.5 Å². The summed E-state index contributed by atoms with van der Waals surface area (Å²) in [7, 11) is 0. The van der Waals surface area contributed by atoms with Crippen LogP contribution in [0.4, 0.5) is 17.6 Å². The quantitative estimate of drug-likeness (QED) is 0.655. The first-order valence-electron chi connectivity index (χ1n) is 7.50. The Morgan fingerprint density at radius 1 is 1.08 bits per heavy atom. The van der Waals surface area contributed by atoms with Crippen LogP contribution in [-0.4, -0.2) is 10.9 Å². The Balaban J connectivity index is 1.74. The molecule has 0 unspecified atom stereocenters. The van der Waals surface area contributed by atoms with E-state index < -0.39 is 23.5 Å². The first kappa shape index (κ1) is 18.1. The van der Waals surface area contributed by atoms with Gasteiger partial charge in [0.2, 0.25) is 0 Å². The van der Waals surface area contributed by atoms with Crippen LogP contribution in [0.25, 0.3) is 10.6 Å². The lowest BCUT2D eigenvalue weighted by molar-refractivity contribution is -0.138. The highest BCUT2D eigenvalue weighted by atomic mass is 32.1. The molecular formula is C18H12F4N2OS. The van der Waals surface area contributed by atoms with Crippen LogP contribution >= 0.6 is 11.3 Å². The van der Waals surface area contributed by atoms with Gasteiger partial charge in [-0.15, -0.1) is 11.3 Å². The average Bonchev–Trinajstić information content (AvgIpc) is 3.09. The van der Waals surface area contributed by atoms with Gasteiger partial charge >= 0.3 is 6.18 Å². The van der Waals surface area contributed by atoms with Crippen LogP contribution in [0.3, 0.4) is 0 Å². The molecule has 0 saturated heterocycles. The molecule has 0 aliphatic carbocycles. The molecule has 0 atom stereocenters. The summed E-state index contributed by atoms with van der Waals surface area (Å²) in [5.74, 6) is -1.09. The Bertz CT molecular complexity index is 937. The Labute approximate surface area is 150 Å². The normalized spacial score (nSPS) is 11.4. The number of amides is 1. The molecule has 0 saturated carbocycles. The Hall–Kier alpha value is -2.74. The van der Waals surface area contributed by atoms with E-state index >= 15 is 0 Å². The molecule has 2 aromatic carbocycles. The molecule has 3 aromatic rings. The maximum absolute atomic E-state index is 13.8. The molecule has 0 aliphatic heterocycles. The van der Waals surface area contributed by atoms with Crippen molar-refractivity contribution in [2.45, 2.75) is 12.7 Å². The van der Waals surface area contributed by atoms with Crippen molar-refractivity contribution < 1.29 is 22.4 Å². The molecule has 134 valence electrons. The molecule has 0 aliphatic rings. The number of alkyl halides is 3. The molecule has 26 heavy (non-hydrogen) atoms. The molecule has 8 heteroatoms. The fraction of sp³-hybridized carbons (Fsp3) is 0.111. The molecule has 1 amide bonds. The largest absolute Gasteiger partial charge is 0.416 e. The first-order chi connectivity index (χ1) is 12.4. The number of thiazole rings is 1. The monoisotopic (exact) mass is 380 g/mol. The van der Waals surface area contributed by atoms with Crippen molar-refractivity contribution in [2.75, 3.05) is 0 Å². The molecule has 1 heterocycles. The molecule has 0 fully saturated rings. The fourth-order valence-electron chi connectivity index (χ4n) is 2.35. The third-order valence-electron chi connectivity index (χ3n) is 3.60. The molecule has 1 N–H and O–H groups in total. The van der Waals surface area contributed by atoms with Gasteiger partial charge in [-0.25, -0.2) is 9.37 Å². The van der Waals surface area contributed by atoms with Gasteiger partial charge in [0, 0.05) is 17.5 Å². The molecule has 0 radical (unpaired) electrons. The summed E-state index contributed by atoms with van der Waals surface area (Å²) in [4.78, 5) is 16.2. The van der Waals surface area contributed by atoms with Gasteiger partial charge in [-0.1, -0.05) is 30.3 Å². The van der Waals surface area contributed by atoms with E-state index in [9.17, 15) is 22.4 Å². The van der Waals surface area contributed by atoms with Crippen LogP contribution in [0.1, 0.15) is 21.6 Å². The minimum atomic E-state index is -4.50. The highest BCUT2D eigenvalue weighted by Crippen LogP contribution is 2.32. The van der Waals surface area contributed by atoms with E-state index in [1.807, 2.05) is 0 Å². The van der Waals surface area contributed by atoms with E-state index in [4.69, 9.17) is 0 Å². The van der Waals surface area contributed by atoms with Crippen molar-refractivity contribution in [3.8, 4) is 10.6 Å². The van der Waals surface area contributed by atoms with E-state index in [2.05, 4.69) is 10.3 Å². The second kappa shape index (κ2) is 7.25. The van der Waals surface area contributed by atoms with E-state index in [-0.39, 0.29) is 23.4 Å². The lowest BCUT2D eigenvalue weighted by atomic mass is 10.1. The number of carbonyl (C=O) groups excluding carboxylic acids is 1. The standard InChI is InChI=1S/C18H12F4N2OS/c19-14-8-4-2-6-12(14)17-24-15(10-26-17)16(25)23-9-11-5-1-3-7-13(11)18(20,21)22/h1-8,10H,9H2,(H,23,25). The number of carbonyl (C=O) groups is 1. The Morgan fingerprint density at radius 2 is 1.77 bits per heavy atom. The van der Waals surface area contributed by atoms with Crippen LogP contribution in [-0.2, 0) is 12.7 Å². The highest BCUT2D eigenvalue weighted by Gasteiger charge is 2.32. The molecule has 3 rings (SSSR count). The van der Waals surface area contributed by atoms with Gasteiger partial charge in [-0.2, -0.15) is 13.2 Å². The Kier molecular flexibility index (Phi) is 5.03. The second-order valence-corrected chi connectivity index (χ2v) is 6.21. The van der Waals surface area contributed by atoms with E-state index in [0.717, 1.165) is 17.4 Å². The summed E-state index contributed by atoms with van der Waals surface area (Å²) in [5.41, 5.74) is -0.555. The van der Waals surface area contributed by atoms with E-state index in [1.165, 1.54) is 41.8 Å². The number of halogens is 4. The number of hydrogen-bond donors (Lipinski definition) is 1. The third-order valence-corrected chi connectivity index (χ3v) is 4.48. The number of rotatable bonds is 4. The SMILES string of the molecule is O=C(NCc1ccccc1C(F)(F)F)c1csc(-c2ccccc2F)n1. The predicted octanol–water partition coefficient (Wildman–Crippen LogP) is 4.90. The first-order valence-corrected chi connectivity index (χ1v) is 8.38. The summed E-state index contributed by atoms with van der Waals surface area (Å²) < 4.78 is 52.7. The average molecular weight is 380 g/mol. The van der Waals surface area contributed by atoms with Crippen molar-refractivity contribution >= 4 is 17.2 Å². The van der Waals surface area contributed by atoms with Crippen molar-refractivity contribution in [3.63, 3.8) is 0 Å². The van der Waals surface area contributed by atoms with Crippen LogP contribution in [0, 0.1) is 5.82 Å². The van der Waals surface area contributed by atoms with Crippen LogP contribution < -0.4 is 5.32 Å². The smallest absolute Gasteiger partial charge is 0.347 e. The highest BCUT2D eigenvalue weighted by molar-refractivity contribution is 7.13. The third kappa shape index (κ3) is 3.91. The topological polar surface area (TPSA) is 42.0 Å². The summed E-state index contributed by atoms with van der Waals surface area (Å²) >= 11 is 1.08. The number of nitrogens with one attached hydrogen (secondary N) is 1. The number of benzene rings is 2. The van der Waals surface area contributed by atoms with Crippen molar-refractivity contribution in [1.29, 1.82) is 0 Å². The van der Waals surface area contributed by atoms with E-state index in [0.29, 0.717) is 5.01 Å². The number of aromatic nitrogens is 1. The van der Waals surface area contributed by atoms with Gasteiger partial charge in [-0.3, -0.25) is 4.79 Å². The van der Waals surface area contributed by atoms with Gasteiger partial charge in [0.05, 0.1) is 5.56 Å². The van der Waals surface area contributed by atoms with Crippen LogP contribution in [0.15, 0.2) is 53.9 Å². The predicted molar refractivity (Wildman–Crippen MR) is 90.1 cm³/mol. The summed E-state index contributed by atoms with van der Waals surface area (Å²) in [6.45, 7) is -0.291. The second-order valence-electron chi connectivity index (χ2n) is 5.36. The maximum atomic E-state index is 13.8. The summed E-state index contributed by atoms with van der Waals surface area (Å²) in [5, 5.41) is 4.18. The molecule has 1 aromatic heterocycles. The number of hydrogen-bond acceptors (Lipinski definition) is 3. The van der Waals surface area contributed by atoms with Crippen LogP contribution in [0.2, 0.25) is 0 Å². The number of nitrogens with zero attached hydrogens (tertiary/aromatic N) is 1. The lowest BCUT2D eigenvalue weighted by Gasteiger charge is -2.12. The molecule has 0 bridgehead atoms. The van der Waals surface area contributed by atoms with Crippen molar-refractivity contribution in [2.24, 2.45) is 0 Å². The van der Waals surface area contributed by atoms with Gasteiger partial charge in [0.25, 0.3) is 5.91 Å².